The number of aryl methyl sites for hydroxylation is 1. The average molecular weight is 279 g/mol. The van der Waals surface area contributed by atoms with Gasteiger partial charge in [0, 0.05) is 32.5 Å². The predicted molar refractivity (Wildman–Crippen MR) is 76.8 cm³/mol. The lowest BCUT2D eigenvalue weighted by molar-refractivity contribution is -0.120. The van der Waals surface area contributed by atoms with Crippen LogP contribution >= 0.6 is 0 Å². The number of hydrogen-bond acceptors (Lipinski definition) is 4. The highest BCUT2D eigenvalue weighted by atomic mass is 16.5. The lowest BCUT2D eigenvalue weighted by atomic mass is 10.2. The SMILES string of the molecule is CCn1cc(NC(=O)[C@@H]2C[C@H](OC)CN2C)ccc1=O. The van der Waals surface area contributed by atoms with Gasteiger partial charge < -0.3 is 14.6 Å². The van der Waals surface area contributed by atoms with E-state index in [9.17, 15) is 9.59 Å². The van der Waals surface area contributed by atoms with Crippen molar-refractivity contribution >= 4 is 11.6 Å². The van der Waals surface area contributed by atoms with Crippen LogP contribution in [0.2, 0.25) is 0 Å². The molecule has 2 heterocycles. The molecule has 2 atom stereocenters. The highest BCUT2D eigenvalue weighted by molar-refractivity contribution is 5.94. The highest BCUT2D eigenvalue weighted by Crippen LogP contribution is 2.19. The Bertz CT molecular complexity index is 541. The van der Waals surface area contributed by atoms with Crippen LogP contribution in [0, 0.1) is 0 Å². The molecule has 0 radical (unpaired) electrons. The van der Waals surface area contributed by atoms with Gasteiger partial charge >= 0.3 is 0 Å². The molecule has 1 aromatic rings. The molecule has 1 amide bonds. The number of hydrogen-bond donors (Lipinski definition) is 1. The van der Waals surface area contributed by atoms with Gasteiger partial charge in [-0.05, 0) is 26.5 Å². The second-order valence-electron chi connectivity index (χ2n) is 5.08. The Hall–Kier alpha value is -1.66. The predicted octanol–water partition coefficient (Wildman–Crippen LogP) is 0.526. The van der Waals surface area contributed by atoms with Crippen LogP contribution in [0.5, 0.6) is 0 Å². The van der Waals surface area contributed by atoms with E-state index in [1.54, 1.807) is 23.9 Å². The van der Waals surface area contributed by atoms with Gasteiger partial charge in [0.05, 0.1) is 17.8 Å². The molecule has 1 aromatic heterocycles. The largest absolute Gasteiger partial charge is 0.380 e. The van der Waals surface area contributed by atoms with Crippen LogP contribution in [-0.4, -0.2) is 48.2 Å². The summed E-state index contributed by atoms with van der Waals surface area (Å²) in [6.07, 6.45) is 2.45. The maximum Gasteiger partial charge on any atom is 0.250 e. The summed E-state index contributed by atoms with van der Waals surface area (Å²) in [7, 11) is 3.58. The lowest BCUT2D eigenvalue weighted by Gasteiger charge is -2.18. The van der Waals surface area contributed by atoms with E-state index in [1.807, 2.05) is 18.9 Å². The molecule has 0 aromatic carbocycles. The van der Waals surface area contributed by atoms with Crippen molar-refractivity contribution in [1.82, 2.24) is 9.47 Å². The number of pyridine rings is 1. The number of carbonyl (C=O) groups excluding carboxylic acids is 1. The Labute approximate surface area is 118 Å². The highest BCUT2D eigenvalue weighted by Gasteiger charge is 2.34. The first kappa shape index (κ1) is 14.7. The number of rotatable bonds is 4. The fourth-order valence-electron chi connectivity index (χ4n) is 2.51. The Morgan fingerprint density at radius 1 is 1.50 bits per heavy atom. The van der Waals surface area contributed by atoms with Crippen molar-refractivity contribution in [3.8, 4) is 0 Å². The normalized spacial score (nSPS) is 22.9. The van der Waals surface area contributed by atoms with E-state index < -0.39 is 0 Å². The zero-order chi connectivity index (χ0) is 14.7. The van der Waals surface area contributed by atoms with Gasteiger partial charge in [0.15, 0.2) is 0 Å². The topological polar surface area (TPSA) is 63.6 Å². The number of nitrogens with zero attached hydrogens (tertiary/aromatic N) is 2. The first-order valence-corrected chi connectivity index (χ1v) is 6.79. The first-order valence-electron chi connectivity index (χ1n) is 6.79. The van der Waals surface area contributed by atoms with Gasteiger partial charge in [0.25, 0.3) is 5.56 Å². The van der Waals surface area contributed by atoms with Crippen molar-refractivity contribution in [3.05, 3.63) is 28.7 Å². The number of anilines is 1. The quantitative estimate of drug-likeness (QED) is 0.873. The summed E-state index contributed by atoms with van der Waals surface area (Å²) < 4.78 is 6.86. The van der Waals surface area contributed by atoms with E-state index in [0.29, 0.717) is 18.7 Å². The van der Waals surface area contributed by atoms with E-state index in [1.165, 1.54) is 6.07 Å². The molecule has 1 fully saturated rings. The van der Waals surface area contributed by atoms with E-state index in [2.05, 4.69) is 5.32 Å². The van der Waals surface area contributed by atoms with E-state index in [-0.39, 0.29) is 23.6 Å². The van der Waals surface area contributed by atoms with Gasteiger partial charge in [-0.1, -0.05) is 0 Å². The maximum atomic E-state index is 12.3. The van der Waals surface area contributed by atoms with Gasteiger partial charge in [0.1, 0.15) is 0 Å². The minimum Gasteiger partial charge on any atom is -0.380 e. The molecular weight excluding hydrogens is 258 g/mol. The molecule has 6 nitrogen and oxygen atoms in total. The number of likely N-dealkylation sites (tertiary alicyclic amines) is 1. The van der Waals surface area contributed by atoms with Crippen molar-refractivity contribution in [1.29, 1.82) is 0 Å². The molecule has 0 aliphatic carbocycles. The zero-order valence-corrected chi connectivity index (χ0v) is 12.1. The lowest BCUT2D eigenvalue weighted by Crippen LogP contribution is -2.37. The second-order valence-corrected chi connectivity index (χ2v) is 5.08. The number of aromatic nitrogens is 1. The number of likely N-dealkylation sites (N-methyl/N-ethyl adjacent to an activating group) is 1. The standard InChI is InChI=1S/C14H21N3O3/c1-4-17-8-10(5-6-13(17)18)15-14(19)12-7-11(20-3)9-16(12)2/h5-6,8,11-12H,4,7,9H2,1-3H3,(H,15,19)/t11-,12-/m0/s1. The van der Waals surface area contributed by atoms with Crippen LogP contribution in [0.15, 0.2) is 23.1 Å². The second kappa shape index (κ2) is 6.19. The number of ether oxygens (including phenoxy) is 1. The van der Waals surface area contributed by atoms with E-state index >= 15 is 0 Å². The smallest absolute Gasteiger partial charge is 0.250 e. The third kappa shape index (κ3) is 3.08. The monoisotopic (exact) mass is 279 g/mol. The molecule has 1 aliphatic rings. The van der Waals surface area contributed by atoms with Gasteiger partial charge in [0.2, 0.25) is 5.91 Å². The summed E-state index contributed by atoms with van der Waals surface area (Å²) in [5, 5.41) is 2.86. The van der Waals surface area contributed by atoms with Crippen molar-refractivity contribution in [3.63, 3.8) is 0 Å². The number of carbonyl (C=O) groups is 1. The Morgan fingerprint density at radius 2 is 2.25 bits per heavy atom. The van der Waals surface area contributed by atoms with Crippen molar-refractivity contribution < 1.29 is 9.53 Å². The van der Waals surface area contributed by atoms with Gasteiger partial charge in [-0.3, -0.25) is 14.5 Å². The molecule has 0 saturated carbocycles. The molecule has 1 saturated heterocycles. The summed E-state index contributed by atoms with van der Waals surface area (Å²) in [6, 6.07) is 2.91. The maximum absolute atomic E-state index is 12.3. The van der Waals surface area contributed by atoms with Crippen LogP contribution in [0.3, 0.4) is 0 Å². The van der Waals surface area contributed by atoms with Gasteiger partial charge in [-0.15, -0.1) is 0 Å². The molecule has 0 unspecified atom stereocenters. The molecule has 110 valence electrons. The zero-order valence-electron chi connectivity index (χ0n) is 12.1. The minimum atomic E-state index is -0.193. The fraction of sp³-hybridized carbons (Fsp3) is 0.571. The van der Waals surface area contributed by atoms with Gasteiger partial charge in [-0.25, -0.2) is 0 Å². The van der Waals surface area contributed by atoms with Crippen molar-refractivity contribution in [2.45, 2.75) is 32.0 Å². The Morgan fingerprint density at radius 3 is 2.85 bits per heavy atom. The fourth-order valence-corrected chi connectivity index (χ4v) is 2.51. The van der Waals surface area contributed by atoms with Crippen molar-refractivity contribution in [2.75, 3.05) is 26.0 Å². The summed E-state index contributed by atoms with van der Waals surface area (Å²) >= 11 is 0. The molecule has 6 heteroatoms. The number of amides is 1. The average Bonchev–Trinajstić information content (AvgIpc) is 2.82. The first-order chi connectivity index (χ1) is 9.55. The van der Waals surface area contributed by atoms with Crippen LogP contribution in [0.4, 0.5) is 5.69 Å². The van der Waals surface area contributed by atoms with E-state index in [0.717, 1.165) is 6.54 Å². The minimum absolute atomic E-state index is 0.0617. The number of nitrogens with one attached hydrogen (secondary N) is 1. The Kier molecular flexibility index (Phi) is 4.57. The summed E-state index contributed by atoms with van der Waals surface area (Å²) in [5.74, 6) is -0.0617. The molecule has 0 bridgehead atoms. The van der Waals surface area contributed by atoms with Crippen molar-refractivity contribution in [2.24, 2.45) is 0 Å². The summed E-state index contributed by atoms with van der Waals surface area (Å²) in [4.78, 5) is 25.8. The van der Waals surface area contributed by atoms with Crippen LogP contribution < -0.4 is 10.9 Å². The molecule has 2 rings (SSSR count). The molecular formula is C14H21N3O3. The van der Waals surface area contributed by atoms with Gasteiger partial charge in [-0.2, -0.15) is 0 Å². The molecule has 0 spiro atoms. The van der Waals surface area contributed by atoms with Crippen LogP contribution in [0.1, 0.15) is 13.3 Å². The van der Waals surface area contributed by atoms with Crippen LogP contribution in [0.25, 0.3) is 0 Å². The third-order valence-corrected chi connectivity index (χ3v) is 3.74. The summed E-state index contributed by atoms with van der Waals surface area (Å²) in [6.45, 7) is 3.22. The Balaban J connectivity index is 2.06. The van der Waals surface area contributed by atoms with Crippen LogP contribution in [-0.2, 0) is 16.1 Å². The molecule has 1 aliphatic heterocycles. The van der Waals surface area contributed by atoms with E-state index in [4.69, 9.17) is 4.74 Å². The summed E-state index contributed by atoms with van der Waals surface area (Å²) in [5.41, 5.74) is 0.577. The molecule has 1 N–H and O–H groups in total. The molecule has 20 heavy (non-hydrogen) atoms. The third-order valence-electron chi connectivity index (χ3n) is 3.74. The number of methoxy groups -OCH3 is 1.